The highest BCUT2D eigenvalue weighted by molar-refractivity contribution is 9.10. The number of aryl methyl sites for hydroxylation is 1. The molecule has 0 saturated heterocycles. The van der Waals surface area contributed by atoms with Gasteiger partial charge in [0, 0.05) is 15.6 Å². The van der Waals surface area contributed by atoms with Crippen molar-refractivity contribution in [3.8, 4) is 5.75 Å². The van der Waals surface area contributed by atoms with E-state index in [9.17, 15) is 4.39 Å². The molecule has 0 heterocycles. The number of hydrogen-bond acceptors (Lipinski definition) is 3. The van der Waals surface area contributed by atoms with Crippen molar-refractivity contribution in [1.82, 2.24) is 5.43 Å². The van der Waals surface area contributed by atoms with Crippen molar-refractivity contribution in [3.05, 3.63) is 62.3 Å². The van der Waals surface area contributed by atoms with Crippen molar-refractivity contribution < 1.29 is 9.13 Å². The van der Waals surface area contributed by atoms with Crippen molar-refractivity contribution in [3.63, 3.8) is 0 Å². The molecule has 0 amide bonds. The zero-order chi connectivity index (χ0) is 15.6. The third-order valence-corrected chi connectivity index (χ3v) is 4.50. The van der Waals surface area contributed by atoms with Crippen LogP contribution < -0.4 is 16.0 Å². The lowest BCUT2D eigenvalue weighted by Gasteiger charge is -2.21. The Morgan fingerprint density at radius 3 is 2.62 bits per heavy atom. The monoisotopic (exact) mass is 372 g/mol. The van der Waals surface area contributed by atoms with Crippen LogP contribution >= 0.6 is 27.5 Å². The van der Waals surface area contributed by atoms with Gasteiger partial charge in [-0.3, -0.25) is 5.84 Å². The van der Waals surface area contributed by atoms with Gasteiger partial charge in [0.1, 0.15) is 11.6 Å². The minimum Gasteiger partial charge on any atom is -0.496 e. The number of nitrogens with two attached hydrogens (primary N) is 1. The molecule has 0 aliphatic rings. The Morgan fingerprint density at radius 1 is 1.29 bits per heavy atom. The first-order valence-electron chi connectivity index (χ1n) is 6.23. The van der Waals surface area contributed by atoms with Crippen molar-refractivity contribution >= 4 is 27.5 Å². The first-order chi connectivity index (χ1) is 9.99. The highest BCUT2D eigenvalue weighted by Crippen LogP contribution is 2.35. The molecule has 1 atom stereocenters. The topological polar surface area (TPSA) is 47.3 Å². The molecule has 0 spiro atoms. The quantitative estimate of drug-likeness (QED) is 0.482. The van der Waals surface area contributed by atoms with Crippen LogP contribution in [-0.4, -0.2) is 7.11 Å². The van der Waals surface area contributed by atoms with E-state index in [-0.39, 0.29) is 5.02 Å². The summed E-state index contributed by atoms with van der Waals surface area (Å²) >= 11 is 9.15. The fourth-order valence-corrected chi connectivity index (χ4v) is 2.67. The summed E-state index contributed by atoms with van der Waals surface area (Å²) in [6.45, 7) is 1.95. The van der Waals surface area contributed by atoms with E-state index in [4.69, 9.17) is 22.2 Å². The van der Waals surface area contributed by atoms with Crippen LogP contribution in [0, 0.1) is 12.7 Å². The van der Waals surface area contributed by atoms with E-state index in [0.717, 1.165) is 11.1 Å². The second-order valence-electron chi connectivity index (χ2n) is 4.61. The van der Waals surface area contributed by atoms with E-state index in [2.05, 4.69) is 21.4 Å². The standard InChI is InChI=1S/C15H15BrClFN2O/c1-8-3-6-12(21-2)10(7-8)15(20-19)9-4-5-11(16)13(17)14(9)18/h3-7,15,20H,19H2,1-2H3. The van der Waals surface area contributed by atoms with Gasteiger partial charge in [-0.05, 0) is 35.0 Å². The molecular weight excluding hydrogens is 359 g/mol. The zero-order valence-electron chi connectivity index (χ0n) is 11.6. The summed E-state index contributed by atoms with van der Waals surface area (Å²) in [5.41, 5.74) is 4.76. The lowest BCUT2D eigenvalue weighted by Crippen LogP contribution is -2.30. The van der Waals surface area contributed by atoms with Gasteiger partial charge < -0.3 is 4.74 Å². The SMILES string of the molecule is COc1ccc(C)cc1C(NN)c1ccc(Br)c(Cl)c1F. The molecule has 2 aromatic carbocycles. The molecule has 3 N–H and O–H groups in total. The van der Waals surface area contributed by atoms with Crippen molar-refractivity contribution in [2.24, 2.45) is 5.84 Å². The molecular formula is C15H15BrClFN2O. The lowest BCUT2D eigenvalue weighted by atomic mass is 9.96. The largest absolute Gasteiger partial charge is 0.496 e. The van der Waals surface area contributed by atoms with Crippen LogP contribution in [0.15, 0.2) is 34.8 Å². The molecule has 3 nitrogen and oxygen atoms in total. The minimum absolute atomic E-state index is 0.0272. The molecule has 2 rings (SSSR count). The van der Waals surface area contributed by atoms with Gasteiger partial charge in [-0.15, -0.1) is 0 Å². The summed E-state index contributed by atoms with van der Waals surface area (Å²) in [4.78, 5) is 0. The predicted molar refractivity (Wildman–Crippen MR) is 86.0 cm³/mol. The molecule has 0 aliphatic heterocycles. The number of ether oxygens (including phenoxy) is 1. The summed E-state index contributed by atoms with van der Waals surface area (Å²) < 4.78 is 20.3. The number of nitrogens with one attached hydrogen (secondary N) is 1. The summed E-state index contributed by atoms with van der Waals surface area (Å²) in [7, 11) is 1.56. The van der Waals surface area contributed by atoms with E-state index in [1.807, 2.05) is 25.1 Å². The number of benzene rings is 2. The number of hydrazine groups is 1. The fourth-order valence-electron chi connectivity index (χ4n) is 2.19. The van der Waals surface area contributed by atoms with E-state index in [1.165, 1.54) is 0 Å². The third-order valence-electron chi connectivity index (χ3n) is 3.24. The number of rotatable bonds is 4. The molecule has 0 aromatic heterocycles. The molecule has 0 radical (unpaired) electrons. The molecule has 21 heavy (non-hydrogen) atoms. The first kappa shape index (κ1) is 16.2. The van der Waals surface area contributed by atoms with Crippen molar-refractivity contribution in [2.45, 2.75) is 13.0 Å². The maximum Gasteiger partial charge on any atom is 0.148 e. The van der Waals surface area contributed by atoms with Gasteiger partial charge in [0.2, 0.25) is 0 Å². The van der Waals surface area contributed by atoms with Crippen LogP contribution in [0.25, 0.3) is 0 Å². The normalized spacial score (nSPS) is 12.3. The molecule has 0 fully saturated rings. The van der Waals surface area contributed by atoms with Crippen LogP contribution in [0.4, 0.5) is 4.39 Å². The summed E-state index contributed by atoms with van der Waals surface area (Å²) in [6, 6.07) is 8.41. The average molecular weight is 374 g/mol. The number of halogens is 3. The third kappa shape index (κ3) is 3.21. The number of hydrogen-bond donors (Lipinski definition) is 2. The van der Waals surface area contributed by atoms with Crippen molar-refractivity contribution in [2.75, 3.05) is 7.11 Å². The number of methoxy groups -OCH3 is 1. The van der Waals surface area contributed by atoms with E-state index >= 15 is 0 Å². The molecule has 0 saturated carbocycles. The molecule has 2 aromatic rings. The Hall–Kier alpha value is -1.14. The smallest absolute Gasteiger partial charge is 0.148 e. The second-order valence-corrected chi connectivity index (χ2v) is 5.84. The van der Waals surface area contributed by atoms with Crippen LogP contribution in [0.5, 0.6) is 5.75 Å². The average Bonchev–Trinajstić information content (AvgIpc) is 2.48. The lowest BCUT2D eigenvalue weighted by molar-refractivity contribution is 0.403. The predicted octanol–water partition coefficient (Wildman–Crippen LogP) is 4.11. The van der Waals surface area contributed by atoms with Gasteiger partial charge in [-0.25, -0.2) is 9.82 Å². The second kappa shape index (κ2) is 6.75. The van der Waals surface area contributed by atoms with E-state index in [0.29, 0.717) is 15.8 Å². The Labute approximate surface area is 136 Å². The Balaban J connectivity index is 2.60. The van der Waals surface area contributed by atoms with Crippen LogP contribution in [0.1, 0.15) is 22.7 Å². The minimum atomic E-state index is -0.564. The maximum atomic E-state index is 14.4. The van der Waals surface area contributed by atoms with Gasteiger partial charge in [0.05, 0.1) is 18.2 Å². The molecule has 0 bridgehead atoms. The van der Waals surface area contributed by atoms with Crippen LogP contribution in [-0.2, 0) is 0 Å². The van der Waals surface area contributed by atoms with E-state index < -0.39 is 11.9 Å². The Morgan fingerprint density at radius 2 is 2.00 bits per heavy atom. The molecule has 6 heteroatoms. The van der Waals surface area contributed by atoms with Gasteiger partial charge >= 0.3 is 0 Å². The maximum absolute atomic E-state index is 14.4. The first-order valence-corrected chi connectivity index (χ1v) is 7.40. The van der Waals surface area contributed by atoms with Crippen LogP contribution in [0.3, 0.4) is 0 Å². The summed E-state index contributed by atoms with van der Waals surface area (Å²) in [5.74, 6) is 5.75. The molecule has 0 aliphatic carbocycles. The van der Waals surface area contributed by atoms with Crippen molar-refractivity contribution in [1.29, 1.82) is 0 Å². The highest BCUT2D eigenvalue weighted by atomic mass is 79.9. The molecule has 1 unspecified atom stereocenters. The summed E-state index contributed by atoms with van der Waals surface area (Å²) in [5, 5.41) is 0.0272. The highest BCUT2D eigenvalue weighted by Gasteiger charge is 2.22. The zero-order valence-corrected chi connectivity index (χ0v) is 13.9. The van der Waals surface area contributed by atoms with E-state index in [1.54, 1.807) is 19.2 Å². The van der Waals surface area contributed by atoms with Gasteiger partial charge in [-0.2, -0.15) is 0 Å². The van der Waals surface area contributed by atoms with Gasteiger partial charge in [-0.1, -0.05) is 35.4 Å². The van der Waals surface area contributed by atoms with Crippen LogP contribution in [0.2, 0.25) is 5.02 Å². The Kier molecular flexibility index (Phi) is 5.22. The fraction of sp³-hybridized carbons (Fsp3) is 0.200. The van der Waals surface area contributed by atoms with Gasteiger partial charge in [0.15, 0.2) is 0 Å². The molecule has 112 valence electrons. The summed E-state index contributed by atoms with van der Waals surface area (Å²) in [6.07, 6.45) is 0. The van der Waals surface area contributed by atoms with Gasteiger partial charge in [0.25, 0.3) is 0 Å². The Bertz CT molecular complexity index is 666.